The van der Waals surface area contributed by atoms with Gasteiger partial charge in [-0.15, -0.1) is 0 Å². The van der Waals surface area contributed by atoms with E-state index in [1.54, 1.807) is 30.5 Å². The lowest BCUT2D eigenvalue weighted by molar-refractivity contribution is 0.0737. The van der Waals surface area contributed by atoms with Gasteiger partial charge in [-0.2, -0.15) is 0 Å². The van der Waals surface area contributed by atoms with E-state index in [0.717, 1.165) is 22.1 Å². The van der Waals surface area contributed by atoms with E-state index >= 15 is 0 Å². The van der Waals surface area contributed by atoms with Crippen molar-refractivity contribution in [2.24, 2.45) is 0 Å². The first-order chi connectivity index (χ1) is 18.1. The number of carbonyl (C=O) groups excluding carboxylic acids is 1. The van der Waals surface area contributed by atoms with Crippen molar-refractivity contribution in [2.75, 3.05) is 0 Å². The number of halogens is 1. The molecule has 6 nitrogen and oxygen atoms in total. The topological polar surface area (TPSA) is 84.9 Å². The van der Waals surface area contributed by atoms with Crippen molar-refractivity contribution < 1.29 is 9.53 Å². The van der Waals surface area contributed by atoms with Crippen molar-refractivity contribution in [2.45, 2.75) is 0 Å². The van der Waals surface area contributed by atoms with Crippen molar-refractivity contribution in [3.05, 3.63) is 124 Å². The molecule has 0 unspecified atom stereocenters. The van der Waals surface area contributed by atoms with E-state index in [9.17, 15) is 9.59 Å². The first-order valence-electron chi connectivity index (χ1n) is 11.5. The molecule has 0 bridgehead atoms. The predicted octanol–water partition coefficient (Wildman–Crippen LogP) is 6.68. The number of esters is 1. The zero-order chi connectivity index (χ0) is 25.4. The van der Waals surface area contributed by atoms with Gasteiger partial charge < -0.3 is 9.72 Å². The molecule has 7 heteroatoms. The Morgan fingerprint density at radius 1 is 0.838 bits per heavy atom. The number of ether oxygens (including phenoxy) is 1. The summed E-state index contributed by atoms with van der Waals surface area (Å²) in [4.78, 5) is 37.3. The lowest BCUT2D eigenvalue weighted by Crippen LogP contribution is -2.13. The predicted molar refractivity (Wildman–Crippen MR) is 145 cm³/mol. The van der Waals surface area contributed by atoms with Crippen LogP contribution < -0.4 is 10.3 Å². The van der Waals surface area contributed by atoms with Crippen LogP contribution in [0.5, 0.6) is 5.75 Å². The quantitative estimate of drug-likeness (QED) is 0.271. The monoisotopic (exact) mass is 503 g/mol. The molecule has 6 aromatic rings. The van der Waals surface area contributed by atoms with Crippen LogP contribution in [0.3, 0.4) is 0 Å². The number of pyridine rings is 3. The lowest BCUT2D eigenvalue weighted by Gasteiger charge is -2.14. The average Bonchev–Trinajstić information content (AvgIpc) is 2.93. The van der Waals surface area contributed by atoms with Crippen LogP contribution in [0.15, 0.2) is 108 Å². The SMILES string of the molecule is O=C(Oc1cc(=O)[nH]c2nc(-c3ccccc3)c(-c3cc(Cl)c4ncccc4c3)cc12)c1ccccc1. The van der Waals surface area contributed by atoms with Gasteiger partial charge in [0.2, 0.25) is 0 Å². The Balaban J connectivity index is 1.60. The van der Waals surface area contributed by atoms with Gasteiger partial charge in [-0.3, -0.25) is 9.78 Å². The minimum absolute atomic E-state index is 0.120. The minimum atomic E-state index is -0.569. The molecule has 0 amide bonds. The molecule has 3 heterocycles. The van der Waals surface area contributed by atoms with E-state index in [0.29, 0.717) is 32.8 Å². The van der Waals surface area contributed by atoms with Crippen LogP contribution in [0.4, 0.5) is 0 Å². The van der Waals surface area contributed by atoms with Gasteiger partial charge in [0.15, 0.2) is 0 Å². The summed E-state index contributed by atoms with van der Waals surface area (Å²) < 4.78 is 5.69. The van der Waals surface area contributed by atoms with Crippen LogP contribution in [0.25, 0.3) is 44.3 Å². The summed E-state index contributed by atoms with van der Waals surface area (Å²) in [6.07, 6.45) is 1.70. The fraction of sp³-hybridized carbons (Fsp3) is 0. The van der Waals surface area contributed by atoms with E-state index in [-0.39, 0.29) is 5.75 Å². The number of hydrogen-bond acceptors (Lipinski definition) is 5. The highest BCUT2D eigenvalue weighted by molar-refractivity contribution is 6.35. The number of carbonyl (C=O) groups is 1. The molecule has 0 spiro atoms. The maximum absolute atomic E-state index is 12.8. The third-order valence-corrected chi connectivity index (χ3v) is 6.31. The Morgan fingerprint density at radius 3 is 2.38 bits per heavy atom. The smallest absolute Gasteiger partial charge is 0.343 e. The molecule has 3 aromatic carbocycles. The second-order valence-electron chi connectivity index (χ2n) is 8.43. The van der Waals surface area contributed by atoms with Gasteiger partial charge in [0, 0.05) is 28.8 Å². The molecular weight excluding hydrogens is 486 g/mol. The number of nitrogens with one attached hydrogen (secondary N) is 1. The van der Waals surface area contributed by atoms with E-state index < -0.39 is 11.5 Å². The molecule has 3 aromatic heterocycles. The largest absolute Gasteiger partial charge is 0.422 e. The van der Waals surface area contributed by atoms with Crippen LogP contribution in [0.1, 0.15) is 10.4 Å². The molecule has 0 fully saturated rings. The van der Waals surface area contributed by atoms with Crippen molar-refractivity contribution in [3.8, 4) is 28.1 Å². The Morgan fingerprint density at radius 2 is 1.59 bits per heavy atom. The second-order valence-corrected chi connectivity index (χ2v) is 8.84. The van der Waals surface area contributed by atoms with Crippen LogP contribution in [-0.4, -0.2) is 20.9 Å². The molecule has 0 saturated carbocycles. The van der Waals surface area contributed by atoms with Crippen LogP contribution in [-0.2, 0) is 0 Å². The minimum Gasteiger partial charge on any atom is -0.422 e. The third kappa shape index (κ3) is 4.35. The molecule has 178 valence electrons. The van der Waals surface area contributed by atoms with Crippen molar-refractivity contribution in [1.82, 2.24) is 15.0 Å². The number of rotatable bonds is 4. The summed E-state index contributed by atoms with van der Waals surface area (Å²) in [5.41, 5.74) is 4.02. The molecule has 1 N–H and O–H groups in total. The molecule has 0 aliphatic carbocycles. The van der Waals surface area contributed by atoms with E-state index in [4.69, 9.17) is 21.3 Å². The highest BCUT2D eigenvalue weighted by atomic mass is 35.5. The van der Waals surface area contributed by atoms with Crippen molar-refractivity contribution >= 4 is 39.5 Å². The zero-order valence-corrected chi connectivity index (χ0v) is 20.1. The maximum atomic E-state index is 12.8. The summed E-state index contributed by atoms with van der Waals surface area (Å²) >= 11 is 6.62. The molecule has 0 radical (unpaired) electrons. The van der Waals surface area contributed by atoms with Gasteiger partial charge >= 0.3 is 5.97 Å². The van der Waals surface area contributed by atoms with Gasteiger partial charge in [-0.1, -0.05) is 66.2 Å². The summed E-state index contributed by atoms with van der Waals surface area (Å²) in [5, 5.41) is 1.87. The van der Waals surface area contributed by atoms with Crippen LogP contribution >= 0.6 is 11.6 Å². The second kappa shape index (κ2) is 9.33. The fourth-order valence-corrected chi connectivity index (χ4v) is 4.58. The summed E-state index contributed by atoms with van der Waals surface area (Å²) in [6, 6.07) is 29.0. The van der Waals surface area contributed by atoms with E-state index in [1.807, 2.05) is 66.7 Å². The number of hydrogen-bond donors (Lipinski definition) is 1. The average molecular weight is 504 g/mol. The number of H-pyrrole nitrogens is 1. The number of benzene rings is 3. The molecule has 37 heavy (non-hydrogen) atoms. The first-order valence-corrected chi connectivity index (χ1v) is 11.9. The Hall–Kier alpha value is -4.81. The van der Waals surface area contributed by atoms with Crippen LogP contribution in [0.2, 0.25) is 5.02 Å². The number of aromatic amines is 1. The molecule has 0 saturated heterocycles. The molecule has 6 rings (SSSR count). The highest BCUT2D eigenvalue weighted by Crippen LogP contribution is 2.38. The van der Waals surface area contributed by atoms with Crippen molar-refractivity contribution in [3.63, 3.8) is 0 Å². The summed E-state index contributed by atoms with van der Waals surface area (Å²) in [7, 11) is 0. The van der Waals surface area contributed by atoms with E-state index in [1.165, 1.54) is 6.07 Å². The Kier molecular flexibility index (Phi) is 5.71. The van der Waals surface area contributed by atoms with E-state index in [2.05, 4.69) is 9.97 Å². The summed E-state index contributed by atoms with van der Waals surface area (Å²) in [6.45, 7) is 0. The lowest BCUT2D eigenvalue weighted by atomic mass is 9.96. The van der Waals surface area contributed by atoms with Gasteiger partial charge in [0.05, 0.1) is 27.2 Å². The Bertz CT molecular complexity index is 1850. The standard InChI is InChI=1S/C30H18ClN3O3/c31-24-15-21(14-20-12-7-13-32-28(20)24)22-16-23-25(37-30(36)19-10-5-2-6-11-19)17-26(35)33-29(23)34-27(22)18-8-3-1-4-9-18/h1-17H,(H,33,34,35). The van der Waals surface area contributed by atoms with Gasteiger partial charge in [-0.25, -0.2) is 9.78 Å². The number of nitrogens with zero attached hydrogens (tertiary/aromatic N) is 2. The van der Waals surface area contributed by atoms with Gasteiger partial charge in [-0.05, 0) is 42.0 Å². The Labute approximate surface area is 216 Å². The highest BCUT2D eigenvalue weighted by Gasteiger charge is 2.18. The van der Waals surface area contributed by atoms with Crippen molar-refractivity contribution in [1.29, 1.82) is 0 Å². The normalized spacial score (nSPS) is 11.1. The third-order valence-electron chi connectivity index (χ3n) is 6.02. The zero-order valence-electron chi connectivity index (χ0n) is 19.3. The fourth-order valence-electron chi connectivity index (χ4n) is 4.30. The summed E-state index contributed by atoms with van der Waals surface area (Å²) in [5.74, 6) is -0.449. The number of aromatic nitrogens is 3. The number of fused-ring (bicyclic) bond motifs is 2. The van der Waals surface area contributed by atoms with Gasteiger partial charge in [0.25, 0.3) is 5.56 Å². The molecule has 0 atom stereocenters. The van der Waals surface area contributed by atoms with Crippen LogP contribution in [0, 0.1) is 0 Å². The first kappa shape index (κ1) is 22.6. The maximum Gasteiger partial charge on any atom is 0.343 e. The molecular formula is C30H18ClN3O3. The molecule has 0 aliphatic heterocycles. The molecule has 0 aliphatic rings. The van der Waals surface area contributed by atoms with Gasteiger partial charge in [0.1, 0.15) is 11.4 Å².